The third-order valence-corrected chi connectivity index (χ3v) is 4.55. The molecule has 114 valence electrons. The second-order valence-electron chi connectivity index (χ2n) is 7.27. The van der Waals surface area contributed by atoms with Crippen LogP contribution >= 0.6 is 0 Å². The number of rotatable bonds is 0. The van der Waals surface area contributed by atoms with E-state index in [0.717, 1.165) is 6.42 Å². The van der Waals surface area contributed by atoms with Crippen molar-refractivity contribution in [1.82, 2.24) is 4.90 Å². The van der Waals surface area contributed by atoms with Crippen LogP contribution in [0.3, 0.4) is 0 Å². The zero-order valence-electron chi connectivity index (χ0n) is 13.3. The van der Waals surface area contributed by atoms with E-state index < -0.39 is 5.60 Å². The van der Waals surface area contributed by atoms with Crippen molar-refractivity contribution in [3.63, 3.8) is 0 Å². The molecule has 0 radical (unpaired) electrons. The first-order valence-electron chi connectivity index (χ1n) is 8.03. The molecule has 1 saturated carbocycles. The highest BCUT2D eigenvalue weighted by atomic mass is 16.6. The van der Waals surface area contributed by atoms with Gasteiger partial charge in [-0.2, -0.15) is 0 Å². The first-order chi connectivity index (χ1) is 9.96. The van der Waals surface area contributed by atoms with Crippen molar-refractivity contribution in [2.24, 2.45) is 0 Å². The monoisotopic (exact) mass is 287 g/mol. The average molecular weight is 287 g/mol. The summed E-state index contributed by atoms with van der Waals surface area (Å²) in [6.07, 6.45) is 4.59. The van der Waals surface area contributed by atoms with Crippen molar-refractivity contribution < 1.29 is 9.53 Å². The van der Waals surface area contributed by atoms with Crippen molar-refractivity contribution >= 4 is 6.09 Å². The van der Waals surface area contributed by atoms with E-state index in [9.17, 15) is 4.79 Å². The molecule has 1 aromatic rings. The van der Waals surface area contributed by atoms with Gasteiger partial charge in [-0.05, 0) is 44.7 Å². The fourth-order valence-corrected chi connectivity index (χ4v) is 3.71. The normalized spacial score (nSPS) is 25.0. The molecule has 1 aliphatic heterocycles. The van der Waals surface area contributed by atoms with Crippen molar-refractivity contribution in [3.05, 3.63) is 35.4 Å². The first-order valence-corrected chi connectivity index (χ1v) is 8.03. The molecular weight excluding hydrogens is 262 g/mol. The summed E-state index contributed by atoms with van der Waals surface area (Å²) in [4.78, 5) is 14.6. The Bertz CT molecular complexity index is 532. The molecule has 3 nitrogen and oxygen atoms in total. The minimum Gasteiger partial charge on any atom is -0.444 e. The number of ether oxygens (including phenoxy) is 1. The molecule has 1 fully saturated rings. The molecule has 0 saturated heterocycles. The van der Waals surface area contributed by atoms with Crippen LogP contribution < -0.4 is 0 Å². The number of fused-ring (bicyclic) bond motifs is 3. The van der Waals surface area contributed by atoms with Gasteiger partial charge in [-0.25, -0.2) is 4.79 Å². The Labute approximate surface area is 127 Å². The van der Waals surface area contributed by atoms with Crippen LogP contribution in [0.25, 0.3) is 0 Å². The Hall–Kier alpha value is -1.51. The maximum atomic E-state index is 12.6. The van der Waals surface area contributed by atoms with Gasteiger partial charge in [0.25, 0.3) is 0 Å². The quantitative estimate of drug-likeness (QED) is 0.705. The summed E-state index contributed by atoms with van der Waals surface area (Å²) in [5.74, 6) is 0.483. The Morgan fingerprint density at radius 1 is 1.19 bits per heavy atom. The van der Waals surface area contributed by atoms with E-state index in [2.05, 4.69) is 24.3 Å². The van der Waals surface area contributed by atoms with E-state index in [1.54, 1.807) is 0 Å². The standard InChI is InChI=1S/C18H25NO2/c1-18(2,3)21-17(20)19-12-13-8-4-5-9-14(13)15-10-6-7-11-16(15)19/h4-5,8-9,15-16H,6-7,10-12H2,1-3H3/t15-,16-/m0/s1. The number of amides is 1. The van der Waals surface area contributed by atoms with Gasteiger partial charge in [0.1, 0.15) is 5.60 Å². The van der Waals surface area contributed by atoms with Gasteiger partial charge >= 0.3 is 6.09 Å². The number of hydrogen-bond donors (Lipinski definition) is 0. The number of carbonyl (C=O) groups excluding carboxylic acids is 1. The van der Waals surface area contributed by atoms with Gasteiger partial charge < -0.3 is 9.64 Å². The summed E-state index contributed by atoms with van der Waals surface area (Å²) in [6, 6.07) is 8.88. The predicted molar refractivity (Wildman–Crippen MR) is 83.2 cm³/mol. The SMILES string of the molecule is CC(C)(C)OC(=O)N1Cc2ccccc2[C@@H]2CCCC[C@@H]21. The lowest BCUT2D eigenvalue weighted by Crippen LogP contribution is -2.49. The largest absolute Gasteiger partial charge is 0.444 e. The predicted octanol–water partition coefficient (Wildman–Crippen LogP) is 4.46. The topological polar surface area (TPSA) is 29.5 Å². The fourth-order valence-electron chi connectivity index (χ4n) is 3.71. The molecule has 21 heavy (non-hydrogen) atoms. The molecular formula is C18H25NO2. The summed E-state index contributed by atoms with van der Waals surface area (Å²) >= 11 is 0. The minimum atomic E-state index is -0.432. The van der Waals surface area contributed by atoms with E-state index in [1.807, 2.05) is 25.7 Å². The van der Waals surface area contributed by atoms with Crippen molar-refractivity contribution in [1.29, 1.82) is 0 Å². The highest BCUT2D eigenvalue weighted by Gasteiger charge is 2.40. The third kappa shape index (κ3) is 2.92. The molecule has 2 atom stereocenters. The van der Waals surface area contributed by atoms with Crippen molar-refractivity contribution in [3.8, 4) is 0 Å². The number of benzene rings is 1. The van der Waals surface area contributed by atoms with Crippen LogP contribution in [0.1, 0.15) is 63.5 Å². The van der Waals surface area contributed by atoms with Gasteiger partial charge in [0.05, 0.1) is 0 Å². The fraction of sp³-hybridized carbons (Fsp3) is 0.611. The zero-order chi connectivity index (χ0) is 15.0. The molecule has 1 aromatic carbocycles. The molecule has 1 heterocycles. The smallest absolute Gasteiger partial charge is 0.410 e. The van der Waals surface area contributed by atoms with Crippen molar-refractivity contribution in [2.75, 3.05) is 0 Å². The van der Waals surface area contributed by atoms with Crippen LogP contribution in [-0.2, 0) is 11.3 Å². The highest BCUT2D eigenvalue weighted by molar-refractivity contribution is 5.69. The number of carbonyl (C=O) groups is 1. The van der Waals surface area contributed by atoms with E-state index in [4.69, 9.17) is 4.74 Å². The van der Waals surface area contributed by atoms with Gasteiger partial charge in [-0.1, -0.05) is 37.1 Å². The molecule has 0 unspecified atom stereocenters. The molecule has 0 N–H and O–H groups in total. The Morgan fingerprint density at radius 3 is 2.67 bits per heavy atom. The summed E-state index contributed by atoms with van der Waals surface area (Å²) in [6.45, 7) is 6.48. The van der Waals surface area contributed by atoms with Crippen LogP contribution in [0.2, 0.25) is 0 Å². The van der Waals surface area contributed by atoms with E-state index >= 15 is 0 Å². The van der Waals surface area contributed by atoms with E-state index in [1.165, 1.54) is 30.4 Å². The van der Waals surface area contributed by atoms with Gasteiger partial charge in [0.2, 0.25) is 0 Å². The number of hydrogen-bond acceptors (Lipinski definition) is 2. The Morgan fingerprint density at radius 2 is 1.90 bits per heavy atom. The van der Waals surface area contributed by atoms with Crippen LogP contribution in [0.4, 0.5) is 4.79 Å². The summed E-state index contributed by atoms with van der Waals surface area (Å²) < 4.78 is 5.63. The molecule has 0 aromatic heterocycles. The van der Waals surface area contributed by atoms with E-state index in [-0.39, 0.29) is 6.09 Å². The highest BCUT2D eigenvalue weighted by Crippen LogP contribution is 2.42. The maximum Gasteiger partial charge on any atom is 0.410 e. The lowest BCUT2D eigenvalue weighted by Gasteiger charge is -2.45. The minimum absolute atomic E-state index is 0.158. The summed E-state index contributed by atoms with van der Waals surface area (Å²) in [5.41, 5.74) is 2.30. The van der Waals surface area contributed by atoms with Crippen LogP contribution in [0, 0.1) is 0 Å². The molecule has 1 amide bonds. The Kier molecular flexibility index (Phi) is 3.68. The number of nitrogens with zero attached hydrogens (tertiary/aromatic N) is 1. The molecule has 0 spiro atoms. The first kappa shape index (κ1) is 14.4. The van der Waals surface area contributed by atoms with Crippen LogP contribution in [0.5, 0.6) is 0 Å². The zero-order valence-corrected chi connectivity index (χ0v) is 13.3. The van der Waals surface area contributed by atoms with Crippen molar-refractivity contribution in [2.45, 2.75) is 70.6 Å². The van der Waals surface area contributed by atoms with Gasteiger partial charge in [0, 0.05) is 18.5 Å². The second kappa shape index (κ2) is 5.36. The Balaban J connectivity index is 1.90. The lowest BCUT2D eigenvalue weighted by atomic mass is 9.75. The van der Waals surface area contributed by atoms with Crippen LogP contribution in [-0.4, -0.2) is 22.6 Å². The van der Waals surface area contributed by atoms with Gasteiger partial charge in [0.15, 0.2) is 0 Å². The van der Waals surface area contributed by atoms with E-state index in [0.29, 0.717) is 18.5 Å². The average Bonchev–Trinajstić information content (AvgIpc) is 2.44. The molecule has 2 aliphatic rings. The molecule has 3 heteroatoms. The molecule has 1 aliphatic carbocycles. The van der Waals surface area contributed by atoms with Gasteiger partial charge in [-0.15, -0.1) is 0 Å². The third-order valence-electron chi connectivity index (χ3n) is 4.55. The second-order valence-corrected chi connectivity index (χ2v) is 7.27. The maximum absolute atomic E-state index is 12.6. The summed E-state index contributed by atoms with van der Waals surface area (Å²) in [7, 11) is 0. The lowest BCUT2D eigenvalue weighted by molar-refractivity contribution is 0.00377. The summed E-state index contributed by atoms with van der Waals surface area (Å²) in [5, 5.41) is 0. The van der Waals surface area contributed by atoms with Gasteiger partial charge in [-0.3, -0.25) is 0 Å². The molecule has 0 bridgehead atoms. The van der Waals surface area contributed by atoms with Crippen LogP contribution in [0.15, 0.2) is 24.3 Å². The molecule has 3 rings (SSSR count).